The highest BCUT2D eigenvalue weighted by atomic mass is 16.4. The van der Waals surface area contributed by atoms with E-state index < -0.39 is 5.97 Å². The number of hydrogen-bond donors (Lipinski definition) is 2. The van der Waals surface area contributed by atoms with Crippen molar-refractivity contribution in [3.05, 3.63) is 53.4 Å². The number of anilines is 2. The van der Waals surface area contributed by atoms with Crippen molar-refractivity contribution in [2.75, 3.05) is 36.0 Å². The van der Waals surface area contributed by atoms with Crippen LogP contribution in [0.4, 0.5) is 11.5 Å². The van der Waals surface area contributed by atoms with Gasteiger partial charge in [0, 0.05) is 55.1 Å². The number of nitrogens with one attached hydrogen (secondary N) is 1. The molecule has 1 aromatic rings. The van der Waals surface area contributed by atoms with Crippen LogP contribution in [0.2, 0.25) is 0 Å². The molecule has 1 saturated heterocycles. The lowest BCUT2D eigenvalue weighted by molar-refractivity contribution is -0.136. The monoisotopic (exact) mass is 519 g/mol. The summed E-state index contributed by atoms with van der Waals surface area (Å²) in [5.74, 6) is 0.254. The van der Waals surface area contributed by atoms with Gasteiger partial charge in [0.2, 0.25) is 0 Å². The van der Waals surface area contributed by atoms with Crippen LogP contribution >= 0.6 is 0 Å². The van der Waals surface area contributed by atoms with Gasteiger partial charge in [0.1, 0.15) is 5.82 Å². The lowest BCUT2D eigenvalue weighted by Gasteiger charge is -2.42. The number of aliphatic carboxylic acids is 1. The molecule has 1 atom stereocenters. The highest BCUT2D eigenvalue weighted by Crippen LogP contribution is 2.43. The second-order valence-corrected chi connectivity index (χ2v) is 11.7. The average Bonchev–Trinajstić information content (AvgIpc) is 3.15. The molecule has 2 fully saturated rings. The first-order valence-electron chi connectivity index (χ1n) is 14.2. The molecule has 3 heterocycles. The standard InChI is InChI=1S/C31H45N5O2/c1-6-8-25(12-9-23(7-2)19-29(37)38)34-17-18-35(22(3)20-34)28-16-15-27-30(33-28)31(4,5)21-36(27)26-13-10-24(32)11-14-26/h7-9,12,15-16,22,26,32H,6,10-11,13-14,17-21H2,1-5H3,(H,37,38)/b12-9-,23-7+,25-8-,32-24?. The van der Waals surface area contributed by atoms with E-state index in [1.54, 1.807) is 0 Å². The number of allylic oxidation sites excluding steroid dienone is 4. The van der Waals surface area contributed by atoms with Crippen molar-refractivity contribution in [3.63, 3.8) is 0 Å². The highest BCUT2D eigenvalue weighted by Gasteiger charge is 2.41. The van der Waals surface area contributed by atoms with E-state index in [9.17, 15) is 4.79 Å². The van der Waals surface area contributed by atoms with Crippen molar-refractivity contribution in [2.45, 2.75) is 90.6 Å². The number of aromatic nitrogens is 1. The molecule has 0 amide bonds. The number of nitrogens with zero attached hydrogens (tertiary/aromatic N) is 4. The predicted molar refractivity (Wildman–Crippen MR) is 156 cm³/mol. The Morgan fingerprint density at radius 1 is 1.18 bits per heavy atom. The molecule has 7 heteroatoms. The van der Waals surface area contributed by atoms with E-state index in [1.165, 1.54) is 11.4 Å². The van der Waals surface area contributed by atoms with Crippen molar-refractivity contribution >= 4 is 23.2 Å². The van der Waals surface area contributed by atoms with Crippen molar-refractivity contribution in [3.8, 4) is 0 Å². The first kappa shape index (κ1) is 27.9. The quantitative estimate of drug-likeness (QED) is 0.415. The zero-order chi connectivity index (χ0) is 27.4. The van der Waals surface area contributed by atoms with E-state index in [-0.39, 0.29) is 11.8 Å². The summed E-state index contributed by atoms with van der Waals surface area (Å²) >= 11 is 0. The number of hydrogen-bond acceptors (Lipinski definition) is 6. The average molecular weight is 520 g/mol. The molecule has 0 bridgehead atoms. The summed E-state index contributed by atoms with van der Waals surface area (Å²) in [7, 11) is 0. The van der Waals surface area contributed by atoms with Gasteiger partial charge in [-0.15, -0.1) is 0 Å². The summed E-state index contributed by atoms with van der Waals surface area (Å²) in [6.45, 7) is 14.6. The number of pyridine rings is 1. The van der Waals surface area contributed by atoms with Crippen LogP contribution in [0.3, 0.4) is 0 Å². The molecule has 1 saturated carbocycles. The van der Waals surface area contributed by atoms with E-state index in [0.29, 0.717) is 12.1 Å². The van der Waals surface area contributed by atoms with Gasteiger partial charge in [-0.2, -0.15) is 0 Å². The maximum absolute atomic E-state index is 11.2. The summed E-state index contributed by atoms with van der Waals surface area (Å²) in [5.41, 5.74) is 5.36. The number of rotatable bonds is 8. The molecular formula is C31H45N5O2. The molecule has 0 spiro atoms. The Balaban J connectivity index is 1.48. The molecule has 1 aliphatic carbocycles. The van der Waals surface area contributed by atoms with Gasteiger partial charge in [0.05, 0.1) is 17.8 Å². The topological polar surface area (TPSA) is 83.8 Å². The Morgan fingerprint density at radius 3 is 2.55 bits per heavy atom. The van der Waals surface area contributed by atoms with Crippen LogP contribution in [0.25, 0.3) is 0 Å². The molecule has 1 aromatic heterocycles. The molecule has 2 N–H and O–H groups in total. The zero-order valence-corrected chi connectivity index (χ0v) is 23.8. The summed E-state index contributed by atoms with van der Waals surface area (Å²) in [6, 6.07) is 5.30. The van der Waals surface area contributed by atoms with Gasteiger partial charge >= 0.3 is 5.97 Å². The smallest absolute Gasteiger partial charge is 0.307 e. The van der Waals surface area contributed by atoms with Gasteiger partial charge in [0.15, 0.2) is 0 Å². The van der Waals surface area contributed by atoms with Gasteiger partial charge in [-0.3, -0.25) is 4.79 Å². The van der Waals surface area contributed by atoms with E-state index in [0.717, 1.165) is 81.1 Å². The molecule has 1 unspecified atom stereocenters. The predicted octanol–water partition coefficient (Wildman–Crippen LogP) is 5.92. The van der Waals surface area contributed by atoms with E-state index in [1.807, 2.05) is 19.1 Å². The number of carboxylic acids is 1. The summed E-state index contributed by atoms with van der Waals surface area (Å²) in [6.07, 6.45) is 13.1. The Labute approximate surface area is 228 Å². The normalized spacial score (nSPS) is 24.3. The fraction of sp³-hybridized carbons (Fsp3) is 0.581. The SMILES string of the molecule is C\C=C(/C=C\C(=C\CC)N1CCN(c2ccc3c(n2)C(C)(C)CN3C2CCC(=N)CC2)C(C)C1)CC(=O)O. The second-order valence-electron chi connectivity index (χ2n) is 11.7. The van der Waals surface area contributed by atoms with Crippen LogP contribution < -0.4 is 9.80 Å². The number of fused-ring (bicyclic) bond motifs is 1. The Bertz CT molecular complexity index is 1130. The zero-order valence-electron chi connectivity index (χ0n) is 23.8. The third kappa shape index (κ3) is 6.13. The van der Waals surface area contributed by atoms with E-state index in [2.05, 4.69) is 66.7 Å². The molecule has 2 aliphatic heterocycles. The maximum Gasteiger partial charge on any atom is 0.307 e. The first-order chi connectivity index (χ1) is 18.1. The minimum absolute atomic E-state index is 0.00361. The minimum atomic E-state index is -0.807. The molecule has 38 heavy (non-hydrogen) atoms. The molecule has 3 aliphatic rings. The Kier molecular flexibility index (Phi) is 8.64. The van der Waals surface area contributed by atoms with Crippen molar-refractivity contribution in [1.29, 1.82) is 5.41 Å². The number of carbonyl (C=O) groups is 1. The van der Waals surface area contributed by atoms with Gasteiger partial charge < -0.3 is 25.2 Å². The second kappa shape index (κ2) is 11.7. The van der Waals surface area contributed by atoms with Crippen LogP contribution in [0.15, 0.2) is 47.7 Å². The minimum Gasteiger partial charge on any atom is -0.481 e. The summed E-state index contributed by atoms with van der Waals surface area (Å²) < 4.78 is 0. The fourth-order valence-electron chi connectivity index (χ4n) is 6.17. The van der Waals surface area contributed by atoms with Crippen LogP contribution in [-0.4, -0.2) is 64.9 Å². The first-order valence-corrected chi connectivity index (χ1v) is 14.2. The molecular weight excluding hydrogens is 474 g/mol. The lowest BCUT2D eigenvalue weighted by atomic mass is 9.90. The van der Waals surface area contributed by atoms with Crippen molar-refractivity contribution in [2.24, 2.45) is 0 Å². The maximum atomic E-state index is 11.2. The van der Waals surface area contributed by atoms with Crippen LogP contribution in [-0.2, 0) is 10.2 Å². The molecule has 206 valence electrons. The van der Waals surface area contributed by atoms with Gasteiger partial charge in [-0.05, 0) is 69.7 Å². The van der Waals surface area contributed by atoms with Crippen molar-refractivity contribution < 1.29 is 9.90 Å². The molecule has 4 rings (SSSR count). The van der Waals surface area contributed by atoms with Crippen molar-refractivity contribution in [1.82, 2.24) is 9.88 Å². The molecule has 7 nitrogen and oxygen atoms in total. The van der Waals surface area contributed by atoms with E-state index in [4.69, 9.17) is 15.5 Å². The van der Waals surface area contributed by atoms with Crippen LogP contribution in [0.1, 0.15) is 78.8 Å². The third-order valence-corrected chi connectivity index (χ3v) is 8.27. The lowest BCUT2D eigenvalue weighted by Crippen LogP contribution is -2.51. The van der Waals surface area contributed by atoms with Gasteiger partial charge in [-0.1, -0.05) is 39.0 Å². The third-order valence-electron chi connectivity index (χ3n) is 8.27. The molecule has 0 radical (unpaired) electrons. The largest absolute Gasteiger partial charge is 0.481 e. The van der Waals surface area contributed by atoms with Crippen LogP contribution in [0.5, 0.6) is 0 Å². The molecule has 0 aromatic carbocycles. The number of piperazine rings is 1. The summed E-state index contributed by atoms with van der Waals surface area (Å²) in [5, 5.41) is 17.2. The Morgan fingerprint density at radius 2 is 1.92 bits per heavy atom. The summed E-state index contributed by atoms with van der Waals surface area (Å²) in [4.78, 5) is 23.8. The van der Waals surface area contributed by atoms with Gasteiger partial charge in [-0.25, -0.2) is 4.98 Å². The van der Waals surface area contributed by atoms with Crippen LogP contribution in [0, 0.1) is 5.41 Å². The van der Waals surface area contributed by atoms with E-state index >= 15 is 0 Å². The fourth-order valence-corrected chi connectivity index (χ4v) is 6.17. The Hall–Kier alpha value is -3.09. The highest BCUT2D eigenvalue weighted by molar-refractivity contribution is 5.82. The van der Waals surface area contributed by atoms with Gasteiger partial charge in [0.25, 0.3) is 0 Å². The number of carboxylic acid groups (broad SMARTS) is 1.